The van der Waals surface area contributed by atoms with Crippen molar-refractivity contribution in [2.45, 2.75) is 6.42 Å². The molecule has 1 aromatic rings. The van der Waals surface area contributed by atoms with Gasteiger partial charge in [-0.3, -0.25) is 0 Å². The van der Waals surface area contributed by atoms with Gasteiger partial charge in [0.15, 0.2) is 0 Å². The number of hydrogen-bond donors (Lipinski definition) is 2. The third-order valence-corrected chi connectivity index (χ3v) is 1.89. The lowest BCUT2D eigenvalue weighted by atomic mass is 10.3. The highest BCUT2D eigenvalue weighted by Gasteiger charge is 2.02. The summed E-state index contributed by atoms with van der Waals surface area (Å²) in [7, 11) is 0. The molecule has 0 saturated heterocycles. The van der Waals surface area contributed by atoms with E-state index in [-0.39, 0.29) is 0 Å². The van der Waals surface area contributed by atoms with Crippen molar-refractivity contribution < 1.29 is 14.3 Å². The molecule has 3 N–H and O–H groups in total. The van der Waals surface area contributed by atoms with Crippen LogP contribution in [0.2, 0.25) is 0 Å². The molecular weight excluding hydrogens is 220 g/mol. The maximum absolute atomic E-state index is 11.3. The van der Waals surface area contributed by atoms with Crippen LogP contribution in [0, 0.1) is 6.07 Å². The van der Waals surface area contributed by atoms with E-state index in [1.54, 1.807) is 24.3 Å². The topological polar surface area (TPSA) is 73.6 Å². The number of carbonyl (C=O) groups is 1. The molecule has 0 bridgehead atoms. The van der Waals surface area contributed by atoms with Crippen LogP contribution in [0.25, 0.3) is 0 Å². The van der Waals surface area contributed by atoms with Gasteiger partial charge in [0.25, 0.3) is 0 Å². The zero-order valence-corrected chi connectivity index (χ0v) is 9.65. The van der Waals surface area contributed by atoms with Crippen LogP contribution < -0.4 is 15.8 Å². The Morgan fingerprint density at radius 2 is 2.35 bits per heavy atom. The van der Waals surface area contributed by atoms with E-state index in [0.29, 0.717) is 32.1 Å². The summed E-state index contributed by atoms with van der Waals surface area (Å²) in [6.45, 7) is 2.15. The monoisotopic (exact) mass is 237 g/mol. The number of rotatable bonds is 7. The predicted octanol–water partition coefficient (Wildman–Crippen LogP) is 0.941. The summed E-state index contributed by atoms with van der Waals surface area (Å²) < 4.78 is 10.2. The molecule has 5 heteroatoms. The Bertz CT molecular complexity index is 317. The lowest BCUT2D eigenvalue weighted by Gasteiger charge is -2.06. The van der Waals surface area contributed by atoms with Crippen molar-refractivity contribution in [2.75, 3.05) is 26.3 Å². The molecule has 1 aromatic carbocycles. The van der Waals surface area contributed by atoms with Crippen molar-refractivity contribution in [3.05, 3.63) is 30.3 Å². The molecule has 1 amide bonds. The summed E-state index contributed by atoms with van der Waals surface area (Å²) in [5.41, 5.74) is 5.26. The molecule has 0 unspecified atom stereocenters. The minimum Gasteiger partial charge on any atom is -0.410 e. The zero-order valence-electron chi connectivity index (χ0n) is 9.65. The third-order valence-electron chi connectivity index (χ3n) is 1.89. The molecule has 1 rings (SSSR count). The summed E-state index contributed by atoms with van der Waals surface area (Å²) in [5, 5.41) is 2.62. The van der Waals surface area contributed by atoms with Gasteiger partial charge in [0.1, 0.15) is 5.75 Å². The van der Waals surface area contributed by atoms with Crippen LogP contribution in [0.4, 0.5) is 4.79 Å². The first-order valence-electron chi connectivity index (χ1n) is 5.52. The number of nitrogens with one attached hydrogen (secondary N) is 1. The van der Waals surface area contributed by atoms with E-state index in [2.05, 4.69) is 11.4 Å². The van der Waals surface area contributed by atoms with Crippen molar-refractivity contribution in [2.24, 2.45) is 5.73 Å². The molecule has 0 atom stereocenters. The van der Waals surface area contributed by atoms with Crippen molar-refractivity contribution in [1.82, 2.24) is 5.32 Å². The summed E-state index contributed by atoms with van der Waals surface area (Å²) in [5.74, 6) is 0.476. The van der Waals surface area contributed by atoms with Crippen LogP contribution in [0.1, 0.15) is 6.42 Å². The van der Waals surface area contributed by atoms with E-state index in [1.807, 2.05) is 0 Å². The Morgan fingerprint density at radius 1 is 1.47 bits per heavy atom. The average Bonchev–Trinajstić information content (AvgIpc) is 2.35. The Morgan fingerprint density at radius 3 is 3.06 bits per heavy atom. The molecule has 0 aliphatic carbocycles. The molecule has 0 aromatic heterocycles. The summed E-state index contributed by atoms with van der Waals surface area (Å²) >= 11 is 0. The molecule has 0 saturated carbocycles. The molecule has 17 heavy (non-hydrogen) atoms. The van der Waals surface area contributed by atoms with Gasteiger partial charge in [-0.1, -0.05) is 12.1 Å². The zero-order chi connectivity index (χ0) is 12.3. The highest BCUT2D eigenvalue weighted by atomic mass is 16.6. The fourth-order valence-electron chi connectivity index (χ4n) is 1.13. The van der Waals surface area contributed by atoms with Gasteiger partial charge in [-0.2, -0.15) is 0 Å². The third kappa shape index (κ3) is 6.55. The summed E-state index contributed by atoms with van der Waals surface area (Å²) in [6.07, 6.45) is 0.263. The lowest BCUT2D eigenvalue weighted by molar-refractivity contribution is 0.138. The van der Waals surface area contributed by atoms with Gasteiger partial charge in [-0.15, -0.1) is 0 Å². The van der Waals surface area contributed by atoms with Crippen molar-refractivity contribution in [3.63, 3.8) is 0 Å². The number of amides is 1. The van der Waals surface area contributed by atoms with Gasteiger partial charge in [0, 0.05) is 19.7 Å². The van der Waals surface area contributed by atoms with Crippen LogP contribution in [0.3, 0.4) is 0 Å². The van der Waals surface area contributed by atoms with Gasteiger partial charge in [-0.05, 0) is 24.6 Å². The van der Waals surface area contributed by atoms with Gasteiger partial charge in [0.2, 0.25) is 0 Å². The Labute approximate surface area is 101 Å². The molecule has 0 aliphatic rings. The number of nitrogens with two attached hydrogens (primary N) is 1. The molecule has 0 aliphatic heterocycles. The lowest BCUT2D eigenvalue weighted by Crippen LogP contribution is -2.28. The maximum atomic E-state index is 11.3. The van der Waals surface area contributed by atoms with Crippen LogP contribution in [-0.2, 0) is 4.74 Å². The van der Waals surface area contributed by atoms with E-state index >= 15 is 0 Å². The largest absolute Gasteiger partial charge is 0.412 e. The second-order valence-electron chi connectivity index (χ2n) is 3.31. The number of benzene rings is 1. The van der Waals surface area contributed by atoms with E-state index in [0.717, 1.165) is 6.42 Å². The smallest absolute Gasteiger partial charge is 0.410 e. The van der Waals surface area contributed by atoms with E-state index in [1.165, 1.54) is 0 Å². The van der Waals surface area contributed by atoms with Crippen LogP contribution in [0.5, 0.6) is 5.75 Å². The Hall–Kier alpha value is -1.59. The normalized spacial score (nSPS) is 9.94. The predicted molar refractivity (Wildman–Crippen MR) is 63.8 cm³/mol. The molecule has 93 valence electrons. The van der Waals surface area contributed by atoms with Gasteiger partial charge in [-0.25, -0.2) is 4.79 Å². The Kier molecular flexibility index (Phi) is 6.78. The molecule has 0 heterocycles. The Balaban J connectivity index is 2.06. The van der Waals surface area contributed by atoms with Crippen molar-refractivity contribution in [1.29, 1.82) is 0 Å². The average molecular weight is 237 g/mol. The van der Waals surface area contributed by atoms with E-state index in [9.17, 15) is 4.79 Å². The number of ether oxygens (including phenoxy) is 2. The first kappa shape index (κ1) is 13.5. The van der Waals surface area contributed by atoms with Gasteiger partial charge >= 0.3 is 6.09 Å². The fourth-order valence-corrected chi connectivity index (χ4v) is 1.13. The molecular formula is C12H17N2O3. The van der Waals surface area contributed by atoms with E-state index in [4.69, 9.17) is 15.2 Å². The van der Waals surface area contributed by atoms with E-state index < -0.39 is 6.09 Å². The highest BCUT2D eigenvalue weighted by molar-refractivity contribution is 5.70. The SMILES string of the molecule is NCCOCCCNC(=O)Oc1c[c]ccc1. The number of hydrogen-bond acceptors (Lipinski definition) is 4. The standard InChI is InChI=1S/C12H17N2O3/c13-7-10-16-9-4-8-14-12(15)17-11-5-2-1-3-6-11/h1-2,5-6H,4,7-10,13H2,(H,14,15). The minimum absolute atomic E-state index is 0.469. The summed E-state index contributed by atoms with van der Waals surface area (Å²) in [6, 6.07) is 9.60. The van der Waals surface area contributed by atoms with Crippen LogP contribution in [-0.4, -0.2) is 32.4 Å². The molecule has 1 radical (unpaired) electrons. The van der Waals surface area contributed by atoms with Crippen LogP contribution in [0.15, 0.2) is 24.3 Å². The van der Waals surface area contributed by atoms with Gasteiger partial charge < -0.3 is 20.5 Å². The fraction of sp³-hybridized carbons (Fsp3) is 0.417. The van der Waals surface area contributed by atoms with Gasteiger partial charge in [0.05, 0.1) is 6.61 Å². The minimum atomic E-state index is -0.469. The quantitative estimate of drug-likeness (QED) is 0.692. The van der Waals surface area contributed by atoms with Crippen molar-refractivity contribution in [3.8, 4) is 5.75 Å². The maximum Gasteiger partial charge on any atom is 0.412 e. The first-order chi connectivity index (χ1) is 8.33. The number of carbonyl (C=O) groups excluding carboxylic acids is 1. The second kappa shape index (κ2) is 8.55. The van der Waals surface area contributed by atoms with Crippen LogP contribution >= 0.6 is 0 Å². The van der Waals surface area contributed by atoms with Crippen molar-refractivity contribution >= 4 is 6.09 Å². The molecule has 0 spiro atoms. The highest BCUT2D eigenvalue weighted by Crippen LogP contribution is 2.07. The summed E-state index contributed by atoms with van der Waals surface area (Å²) in [4.78, 5) is 11.3. The second-order valence-corrected chi connectivity index (χ2v) is 3.31. The molecule has 5 nitrogen and oxygen atoms in total. The first-order valence-corrected chi connectivity index (χ1v) is 5.52. The molecule has 0 fully saturated rings.